The Morgan fingerprint density at radius 1 is 1.10 bits per heavy atom. The average molecular weight is 727 g/mol. The molecule has 2 N–H and O–H groups in total. The van der Waals surface area contributed by atoms with Gasteiger partial charge in [-0.1, -0.05) is 30.7 Å². The Labute approximate surface area is 300 Å². The molecule has 1 fully saturated rings. The SMILES string of the molecule is COc1ccc2c(c1)C(C)CN(C1CCN(C(=O)Cn3cc(-c4cccc(F)c4Cl)c(=O)n([C@@H](C)COC(=O)NC(C)(C)C)c3=O)CC1)C(=O)N2. The number of urea groups is 1. The van der Waals surface area contributed by atoms with Crippen LogP contribution in [0.4, 0.5) is 19.7 Å². The maximum absolute atomic E-state index is 14.5. The zero-order valence-corrected chi connectivity index (χ0v) is 30.4. The minimum Gasteiger partial charge on any atom is -0.497 e. The van der Waals surface area contributed by atoms with Crippen LogP contribution in [0.5, 0.6) is 5.75 Å². The molecule has 2 aliphatic heterocycles. The van der Waals surface area contributed by atoms with Gasteiger partial charge in [-0.2, -0.15) is 0 Å². The molecule has 13 nitrogen and oxygen atoms in total. The van der Waals surface area contributed by atoms with Crippen molar-refractivity contribution in [3.05, 3.63) is 79.8 Å². The van der Waals surface area contributed by atoms with E-state index in [4.69, 9.17) is 21.1 Å². The monoisotopic (exact) mass is 726 g/mol. The molecule has 1 aromatic heterocycles. The minimum atomic E-state index is -0.950. The van der Waals surface area contributed by atoms with Gasteiger partial charge in [0.05, 0.1) is 23.7 Å². The quantitative estimate of drug-likeness (QED) is 0.325. The number of carbonyl (C=O) groups is 3. The first-order valence-electron chi connectivity index (χ1n) is 16.9. The zero-order chi connectivity index (χ0) is 37.2. The predicted octanol–water partition coefficient (Wildman–Crippen LogP) is 5.21. The van der Waals surface area contributed by atoms with Crippen molar-refractivity contribution < 1.29 is 28.2 Å². The summed E-state index contributed by atoms with van der Waals surface area (Å²) in [6.45, 7) is 9.32. The van der Waals surface area contributed by atoms with Crippen LogP contribution in [0.15, 0.2) is 52.2 Å². The van der Waals surface area contributed by atoms with Gasteiger partial charge in [0.15, 0.2) is 0 Å². The summed E-state index contributed by atoms with van der Waals surface area (Å²) in [7, 11) is 1.60. The van der Waals surface area contributed by atoms with Crippen molar-refractivity contribution in [3.8, 4) is 16.9 Å². The first kappa shape index (κ1) is 37.4. The molecule has 15 heteroatoms. The summed E-state index contributed by atoms with van der Waals surface area (Å²) in [4.78, 5) is 70.3. The number of rotatable bonds is 8. The fraction of sp³-hybridized carbons (Fsp3) is 0.472. The van der Waals surface area contributed by atoms with Crippen LogP contribution in [0, 0.1) is 5.82 Å². The molecule has 51 heavy (non-hydrogen) atoms. The number of nitrogens with one attached hydrogen (secondary N) is 2. The molecule has 0 saturated carbocycles. The lowest BCUT2D eigenvalue weighted by atomic mass is 9.97. The average Bonchev–Trinajstić information content (AvgIpc) is 3.20. The van der Waals surface area contributed by atoms with E-state index in [0.29, 0.717) is 38.2 Å². The van der Waals surface area contributed by atoms with Gasteiger partial charge in [0, 0.05) is 54.6 Å². The van der Waals surface area contributed by atoms with E-state index in [1.165, 1.54) is 25.3 Å². The van der Waals surface area contributed by atoms with Crippen LogP contribution in [0.1, 0.15) is 65.0 Å². The van der Waals surface area contributed by atoms with Crippen molar-refractivity contribution in [3.63, 3.8) is 0 Å². The molecule has 2 atom stereocenters. The molecule has 2 aromatic carbocycles. The van der Waals surface area contributed by atoms with Gasteiger partial charge in [-0.25, -0.2) is 18.8 Å². The largest absolute Gasteiger partial charge is 0.497 e. The van der Waals surface area contributed by atoms with Gasteiger partial charge >= 0.3 is 17.8 Å². The van der Waals surface area contributed by atoms with E-state index in [-0.39, 0.29) is 46.7 Å². The number of nitrogens with zero attached hydrogens (tertiary/aromatic N) is 4. The summed E-state index contributed by atoms with van der Waals surface area (Å²) in [6.07, 6.45) is 1.52. The molecule has 1 unspecified atom stereocenters. The molecule has 3 heterocycles. The summed E-state index contributed by atoms with van der Waals surface area (Å²) in [6, 6.07) is 8.27. The molecule has 3 aromatic rings. The van der Waals surface area contributed by atoms with Crippen LogP contribution in [0.2, 0.25) is 5.02 Å². The van der Waals surface area contributed by atoms with E-state index in [1.807, 2.05) is 17.0 Å². The second-order valence-electron chi connectivity index (χ2n) is 14.1. The van der Waals surface area contributed by atoms with Crippen molar-refractivity contribution in [1.29, 1.82) is 0 Å². The van der Waals surface area contributed by atoms with Crippen LogP contribution in [0.25, 0.3) is 11.1 Å². The van der Waals surface area contributed by atoms with E-state index in [9.17, 15) is 28.4 Å². The topological polar surface area (TPSA) is 144 Å². The maximum Gasteiger partial charge on any atom is 0.407 e. The number of hydrogen-bond donors (Lipinski definition) is 2. The summed E-state index contributed by atoms with van der Waals surface area (Å²) >= 11 is 6.26. The number of hydrogen-bond acceptors (Lipinski definition) is 7. The number of ether oxygens (including phenoxy) is 2. The summed E-state index contributed by atoms with van der Waals surface area (Å²) < 4.78 is 27.2. The number of methoxy groups -OCH3 is 1. The van der Waals surface area contributed by atoms with Crippen molar-refractivity contribution in [2.75, 3.05) is 38.7 Å². The Balaban J connectivity index is 1.34. The van der Waals surface area contributed by atoms with Crippen molar-refractivity contribution in [1.82, 2.24) is 24.3 Å². The first-order valence-corrected chi connectivity index (χ1v) is 17.2. The van der Waals surface area contributed by atoms with Gasteiger partial charge in [0.2, 0.25) is 5.91 Å². The molecule has 2 aliphatic rings. The van der Waals surface area contributed by atoms with Gasteiger partial charge in [-0.15, -0.1) is 0 Å². The molecule has 274 valence electrons. The van der Waals surface area contributed by atoms with E-state index in [2.05, 4.69) is 17.6 Å². The normalized spacial score (nSPS) is 17.3. The molecule has 0 bridgehead atoms. The maximum atomic E-state index is 14.5. The fourth-order valence-corrected chi connectivity index (χ4v) is 6.70. The number of aromatic nitrogens is 2. The third-order valence-corrected chi connectivity index (χ3v) is 9.51. The van der Waals surface area contributed by atoms with E-state index < -0.39 is 41.3 Å². The number of likely N-dealkylation sites (tertiary alicyclic amines) is 1. The van der Waals surface area contributed by atoms with Crippen LogP contribution in [0.3, 0.4) is 0 Å². The standard InChI is InChI=1S/C36H44ClFN6O7/c1-21-17-43(33(47)39-29-11-10-24(50-6)16-26(21)29)23-12-14-41(15-13-23)30(45)19-42-18-27(25-8-7-9-28(38)31(25)37)32(46)44(35(42)49)22(2)20-51-34(48)40-36(3,4)5/h7-11,16,18,21-23H,12-15,17,19-20H2,1-6H3,(H,39,47)(H,40,48)/t21?,22-/m0/s1. The van der Waals surface area contributed by atoms with Gasteiger partial charge in [-0.05, 0) is 70.4 Å². The Hall–Kier alpha value is -4.85. The van der Waals surface area contributed by atoms with Crippen LogP contribution >= 0.6 is 11.6 Å². The lowest BCUT2D eigenvalue weighted by Gasteiger charge is -2.38. The first-order chi connectivity index (χ1) is 24.1. The molecule has 1 saturated heterocycles. The van der Waals surface area contributed by atoms with Crippen molar-refractivity contribution in [2.45, 2.75) is 77.5 Å². The Morgan fingerprint density at radius 2 is 1.80 bits per heavy atom. The number of anilines is 1. The van der Waals surface area contributed by atoms with Crippen LogP contribution < -0.4 is 26.6 Å². The van der Waals surface area contributed by atoms with Gasteiger partial charge in [0.1, 0.15) is 24.7 Å². The summed E-state index contributed by atoms with van der Waals surface area (Å²) in [5.74, 6) is -0.387. The molecular formula is C36H44ClFN6O7. The summed E-state index contributed by atoms with van der Waals surface area (Å²) in [5, 5.41) is 5.35. The number of piperidine rings is 1. The highest BCUT2D eigenvalue weighted by atomic mass is 35.5. The lowest BCUT2D eigenvalue weighted by Crippen LogP contribution is -2.51. The molecular weight excluding hydrogens is 683 g/mol. The third-order valence-electron chi connectivity index (χ3n) is 9.13. The van der Waals surface area contributed by atoms with Crippen molar-refractivity contribution >= 4 is 35.3 Å². The highest BCUT2D eigenvalue weighted by Crippen LogP contribution is 2.34. The van der Waals surface area contributed by atoms with E-state index in [0.717, 1.165) is 26.5 Å². The lowest BCUT2D eigenvalue weighted by molar-refractivity contribution is -0.133. The third kappa shape index (κ3) is 8.38. The number of amides is 4. The van der Waals surface area contributed by atoms with Crippen LogP contribution in [-0.4, -0.2) is 81.9 Å². The smallest absolute Gasteiger partial charge is 0.407 e. The Kier molecular flexibility index (Phi) is 11.1. The van der Waals surface area contributed by atoms with Crippen molar-refractivity contribution in [2.24, 2.45) is 0 Å². The molecule has 0 radical (unpaired) electrons. The second-order valence-corrected chi connectivity index (χ2v) is 14.5. The number of fused-ring (bicyclic) bond motifs is 1. The van der Waals surface area contributed by atoms with Gasteiger partial charge < -0.3 is 29.9 Å². The molecule has 4 amide bonds. The van der Waals surface area contributed by atoms with Gasteiger partial charge in [-0.3, -0.25) is 18.7 Å². The Morgan fingerprint density at radius 3 is 2.47 bits per heavy atom. The van der Waals surface area contributed by atoms with E-state index in [1.54, 1.807) is 38.8 Å². The van der Waals surface area contributed by atoms with E-state index >= 15 is 0 Å². The molecule has 0 spiro atoms. The zero-order valence-electron chi connectivity index (χ0n) is 29.6. The van der Waals surface area contributed by atoms with Crippen LogP contribution in [-0.2, 0) is 16.1 Å². The fourth-order valence-electron chi connectivity index (χ4n) is 6.47. The number of benzene rings is 2. The highest BCUT2D eigenvalue weighted by molar-refractivity contribution is 6.33. The summed E-state index contributed by atoms with van der Waals surface area (Å²) in [5.41, 5.74) is -0.502. The molecule has 5 rings (SSSR count). The predicted molar refractivity (Wildman–Crippen MR) is 191 cm³/mol. The Bertz CT molecular complexity index is 1930. The molecule has 0 aliphatic carbocycles. The second kappa shape index (κ2) is 15.2. The minimum absolute atomic E-state index is 0.0396. The number of halogens is 2. The number of carbonyl (C=O) groups excluding carboxylic acids is 3. The highest BCUT2D eigenvalue weighted by Gasteiger charge is 2.34. The number of alkyl carbamates (subject to hydrolysis) is 1. The van der Waals surface area contributed by atoms with Gasteiger partial charge in [0.25, 0.3) is 5.56 Å².